The van der Waals surface area contributed by atoms with Crippen molar-refractivity contribution in [3.05, 3.63) is 45.6 Å². The minimum atomic E-state index is -0.105. The van der Waals surface area contributed by atoms with Crippen LogP contribution in [0, 0.1) is 0 Å². The number of hydrogen-bond donors (Lipinski definition) is 1. The van der Waals surface area contributed by atoms with Crippen LogP contribution >= 0.6 is 22.9 Å². The lowest BCUT2D eigenvalue weighted by atomic mass is 10.2. The van der Waals surface area contributed by atoms with E-state index < -0.39 is 0 Å². The molecule has 0 spiro atoms. The Bertz CT molecular complexity index is 825. The van der Waals surface area contributed by atoms with Gasteiger partial charge in [-0.15, -0.1) is 11.3 Å². The molecule has 7 heteroatoms. The summed E-state index contributed by atoms with van der Waals surface area (Å²) in [6.45, 7) is 2.22. The van der Waals surface area contributed by atoms with E-state index in [-0.39, 0.29) is 11.7 Å². The number of pyridine rings is 1. The molecular formula is C14H13ClN3O2S+. The number of carbonyl (C=O) groups is 1. The van der Waals surface area contributed by atoms with Crippen molar-refractivity contribution in [1.29, 1.82) is 0 Å². The minimum Gasteiger partial charge on any atom is -0.474 e. The molecule has 0 aromatic carbocycles. The second kappa shape index (κ2) is 5.46. The fourth-order valence-electron chi connectivity index (χ4n) is 2.30. The van der Waals surface area contributed by atoms with Gasteiger partial charge in [0.15, 0.2) is 4.47 Å². The van der Waals surface area contributed by atoms with Crippen molar-refractivity contribution in [3.63, 3.8) is 0 Å². The van der Waals surface area contributed by atoms with Crippen molar-refractivity contribution in [2.24, 2.45) is 0 Å². The van der Waals surface area contributed by atoms with E-state index in [4.69, 9.17) is 11.6 Å². The molecule has 3 rings (SSSR count). The van der Waals surface area contributed by atoms with E-state index >= 15 is 0 Å². The third-order valence-corrected chi connectivity index (χ3v) is 4.35. The van der Waals surface area contributed by atoms with Crippen LogP contribution in [0.4, 0.5) is 0 Å². The standard InChI is InChI=1S/C14H12ClN3O2S/c1-2-10(19)12-13(20)17-6-4-3-5-11(17)18(12)8-9-7-16-14(15)21-9/h3-7H,2,8H2,1H3/p+1. The van der Waals surface area contributed by atoms with E-state index in [0.717, 1.165) is 10.5 Å². The van der Waals surface area contributed by atoms with Crippen LogP contribution in [0.1, 0.15) is 28.7 Å². The van der Waals surface area contributed by atoms with Gasteiger partial charge < -0.3 is 5.11 Å². The molecule has 0 radical (unpaired) electrons. The summed E-state index contributed by atoms with van der Waals surface area (Å²) in [6, 6.07) is 5.53. The van der Waals surface area contributed by atoms with Gasteiger partial charge in [0.1, 0.15) is 6.54 Å². The lowest BCUT2D eigenvalue weighted by Gasteiger charge is -1.98. The zero-order chi connectivity index (χ0) is 15.0. The Kier molecular flexibility index (Phi) is 3.65. The van der Waals surface area contributed by atoms with Crippen molar-refractivity contribution < 1.29 is 14.3 Å². The van der Waals surface area contributed by atoms with Gasteiger partial charge in [0.2, 0.25) is 5.78 Å². The Balaban J connectivity index is 2.20. The number of aromatic hydroxyl groups is 1. The highest BCUT2D eigenvalue weighted by Crippen LogP contribution is 2.24. The number of aromatic nitrogens is 3. The largest absolute Gasteiger partial charge is 0.474 e. The molecule has 0 fully saturated rings. The Morgan fingerprint density at radius 2 is 2.33 bits per heavy atom. The molecule has 21 heavy (non-hydrogen) atoms. The molecule has 0 aliphatic rings. The maximum absolute atomic E-state index is 12.2. The lowest BCUT2D eigenvalue weighted by Crippen LogP contribution is -2.19. The van der Waals surface area contributed by atoms with Crippen molar-refractivity contribution in [1.82, 2.24) is 9.55 Å². The van der Waals surface area contributed by atoms with Crippen LogP contribution in [0.2, 0.25) is 4.47 Å². The number of Topliss-reactive ketones (excluding diaryl/α,β-unsaturated/α-hetero) is 1. The highest BCUT2D eigenvalue weighted by molar-refractivity contribution is 7.15. The van der Waals surface area contributed by atoms with Crippen LogP contribution in [-0.2, 0) is 6.54 Å². The highest BCUT2D eigenvalue weighted by Gasteiger charge is 2.30. The van der Waals surface area contributed by atoms with Crippen LogP contribution < -0.4 is 4.40 Å². The van der Waals surface area contributed by atoms with Crippen LogP contribution in [0.25, 0.3) is 5.65 Å². The van der Waals surface area contributed by atoms with Crippen LogP contribution in [0.5, 0.6) is 5.88 Å². The van der Waals surface area contributed by atoms with Gasteiger partial charge >= 0.3 is 5.88 Å². The third-order valence-electron chi connectivity index (χ3n) is 3.25. The Morgan fingerprint density at radius 1 is 1.52 bits per heavy atom. The van der Waals surface area contributed by atoms with Gasteiger partial charge in [0.05, 0.1) is 11.1 Å². The molecule has 5 nitrogen and oxygen atoms in total. The summed E-state index contributed by atoms with van der Waals surface area (Å²) in [5.74, 6) is -0.139. The molecule has 0 aliphatic heterocycles. The van der Waals surface area contributed by atoms with Crippen molar-refractivity contribution in [2.75, 3.05) is 0 Å². The SMILES string of the molecule is CCC(=O)c1c(O)[n+]2ccccc2n1Cc1cnc(Cl)s1. The number of fused-ring (bicyclic) bond motifs is 1. The second-order valence-electron chi connectivity index (χ2n) is 4.54. The molecule has 0 atom stereocenters. The fraction of sp³-hybridized carbons (Fsp3) is 0.214. The summed E-state index contributed by atoms with van der Waals surface area (Å²) < 4.78 is 3.86. The second-order valence-corrected chi connectivity index (χ2v) is 6.24. The van der Waals surface area contributed by atoms with Crippen LogP contribution in [0.3, 0.4) is 0 Å². The van der Waals surface area contributed by atoms with Gasteiger partial charge in [-0.1, -0.05) is 24.6 Å². The number of carbonyl (C=O) groups excluding carboxylic acids is 1. The van der Waals surface area contributed by atoms with Gasteiger partial charge in [-0.05, 0) is 6.07 Å². The summed E-state index contributed by atoms with van der Waals surface area (Å²) in [6.07, 6.45) is 3.74. The average molecular weight is 323 g/mol. The number of rotatable bonds is 4. The third kappa shape index (κ3) is 2.41. The van der Waals surface area contributed by atoms with Crippen molar-refractivity contribution in [3.8, 4) is 5.88 Å². The van der Waals surface area contributed by atoms with Gasteiger partial charge in [0.25, 0.3) is 11.3 Å². The van der Waals surface area contributed by atoms with Crippen molar-refractivity contribution >= 4 is 34.4 Å². The molecule has 0 bridgehead atoms. The predicted molar refractivity (Wildman–Crippen MR) is 80.1 cm³/mol. The number of nitrogens with zero attached hydrogens (tertiary/aromatic N) is 3. The Hall–Kier alpha value is -1.92. The molecular weight excluding hydrogens is 310 g/mol. The van der Waals surface area contributed by atoms with Crippen molar-refractivity contribution in [2.45, 2.75) is 19.9 Å². The monoisotopic (exact) mass is 322 g/mol. The first-order chi connectivity index (χ1) is 10.1. The number of halogens is 1. The van der Waals surface area contributed by atoms with E-state index in [9.17, 15) is 9.90 Å². The van der Waals surface area contributed by atoms with Crippen LogP contribution in [0.15, 0.2) is 30.6 Å². The number of ketones is 1. The Morgan fingerprint density at radius 3 is 3.00 bits per heavy atom. The minimum absolute atomic E-state index is 0.0342. The molecule has 3 heterocycles. The summed E-state index contributed by atoms with van der Waals surface area (Å²) >= 11 is 7.22. The first-order valence-electron chi connectivity index (χ1n) is 6.47. The zero-order valence-corrected chi connectivity index (χ0v) is 12.9. The van der Waals surface area contributed by atoms with E-state index in [2.05, 4.69) is 4.98 Å². The molecule has 3 aromatic rings. The smallest absolute Gasteiger partial charge is 0.339 e. The molecule has 0 unspecified atom stereocenters. The molecule has 0 saturated heterocycles. The van der Waals surface area contributed by atoms with Gasteiger partial charge in [0, 0.05) is 18.7 Å². The van der Waals surface area contributed by atoms with E-state index in [1.165, 1.54) is 11.3 Å². The molecule has 0 amide bonds. The fourth-order valence-corrected chi connectivity index (χ4v) is 3.26. The molecule has 0 saturated carbocycles. The molecule has 0 aliphatic carbocycles. The molecule has 108 valence electrons. The number of thiazole rings is 1. The number of imidazole rings is 1. The van der Waals surface area contributed by atoms with Crippen LogP contribution in [-0.4, -0.2) is 20.4 Å². The van der Waals surface area contributed by atoms with Gasteiger partial charge in [-0.2, -0.15) is 4.40 Å². The highest BCUT2D eigenvalue weighted by atomic mass is 35.5. The van der Waals surface area contributed by atoms with E-state index in [1.807, 2.05) is 12.1 Å². The van der Waals surface area contributed by atoms with E-state index in [0.29, 0.717) is 23.1 Å². The summed E-state index contributed by atoms with van der Waals surface area (Å²) in [4.78, 5) is 17.1. The zero-order valence-electron chi connectivity index (χ0n) is 11.3. The quantitative estimate of drug-likeness (QED) is 0.593. The first-order valence-corrected chi connectivity index (χ1v) is 7.66. The normalized spacial score (nSPS) is 11.1. The van der Waals surface area contributed by atoms with E-state index in [1.54, 1.807) is 34.4 Å². The summed E-state index contributed by atoms with van der Waals surface area (Å²) in [5.41, 5.74) is 1.06. The first kappa shape index (κ1) is 14.0. The maximum Gasteiger partial charge on any atom is 0.339 e. The lowest BCUT2D eigenvalue weighted by molar-refractivity contribution is -0.521. The Labute approximate surface area is 130 Å². The number of hydrogen-bond acceptors (Lipinski definition) is 4. The predicted octanol–water partition coefficient (Wildman–Crippen LogP) is 2.68. The van der Waals surface area contributed by atoms with Gasteiger partial charge in [-0.3, -0.25) is 4.79 Å². The molecule has 3 aromatic heterocycles. The topological polar surface area (TPSA) is 59.2 Å². The maximum atomic E-state index is 12.2. The average Bonchev–Trinajstić information content (AvgIpc) is 3.02. The van der Waals surface area contributed by atoms with Gasteiger partial charge in [-0.25, -0.2) is 9.55 Å². The molecule has 1 N–H and O–H groups in total. The summed E-state index contributed by atoms with van der Waals surface area (Å²) in [7, 11) is 0. The summed E-state index contributed by atoms with van der Waals surface area (Å²) in [5, 5.41) is 10.3.